The number of hydrogen-bond donors (Lipinski definition) is 1. The first-order valence-electron chi connectivity index (χ1n) is 8.44. The largest absolute Gasteiger partial charge is 0.423 e. The molecule has 0 amide bonds. The van der Waals surface area contributed by atoms with Gasteiger partial charge in [0, 0.05) is 31.1 Å². The van der Waals surface area contributed by atoms with E-state index in [-0.39, 0.29) is 5.63 Å². The lowest BCUT2D eigenvalue weighted by molar-refractivity contribution is 0.110. The van der Waals surface area contributed by atoms with Crippen molar-refractivity contribution >= 4 is 11.0 Å². The van der Waals surface area contributed by atoms with Crippen LogP contribution < -0.4 is 10.9 Å². The lowest BCUT2D eigenvalue weighted by atomic mass is 9.95. The van der Waals surface area contributed by atoms with Gasteiger partial charge in [-0.25, -0.2) is 4.79 Å². The number of rotatable bonds is 5. The van der Waals surface area contributed by atoms with Crippen LogP contribution in [0.1, 0.15) is 49.3 Å². The smallest absolute Gasteiger partial charge is 0.336 e. The summed E-state index contributed by atoms with van der Waals surface area (Å²) in [6, 6.07) is 5.75. The zero-order chi connectivity index (χ0) is 16.4. The first-order valence-corrected chi connectivity index (χ1v) is 8.44. The van der Waals surface area contributed by atoms with Gasteiger partial charge in [0.2, 0.25) is 0 Å². The minimum Gasteiger partial charge on any atom is -0.423 e. The molecule has 1 aliphatic rings. The summed E-state index contributed by atoms with van der Waals surface area (Å²) in [5.41, 5.74) is 3.85. The molecule has 0 spiro atoms. The summed E-state index contributed by atoms with van der Waals surface area (Å²) in [5, 5.41) is 4.45. The summed E-state index contributed by atoms with van der Waals surface area (Å²) in [6.07, 6.45) is 2.55. The molecule has 3 rings (SSSR count). The molecule has 0 bridgehead atoms. The standard InChI is InChI=1S/C19H25NO3/c1-12(2)16-9-17-14(10-20-11-15-5-4-6-22-15)8-19(21)23-18(17)7-13(16)3/h7-9,12,15,20H,4-6,10-11H2,1-3H3/t15-/m1/s1. The van der Waals surface area contributed by atoms with Crippen LogP contribution in [0.5, 0.6) is 0 Å². The Kier molecular flexibility index (Phi) is 4.83. The Hall–Kier alpha value is -1.65. The predicted molar refractivity (Wildman–Crippen MR) is 92.0 cm³/mol. The Morgan fingerprint density at radius 1 is 1.30 bits per heavy atom. The van der Waals surface area contributed by atoms with Crippen LogP contribution in [0.25, 0.3) is 11.0 Å². The SMILES string of the molecule is Cc1cc2oc(=O)cc(CNC[C@H]3CCCO3)c2cc1C(C)C. The van der Waals surface area contributed by atoms with E-state index >= 15 is 0 Å². The highest BCUT2D eigenvalue weighted by atomic mass is 16.5. The molecule has 0 aliphatic carbocycles. The van der Waals surface area contributed by atoms with Crippen LogP contribution in [0.4, 0.5) is 0 Å². The summed E-state index contributed by atoms with van der Waals surface area (Å²) in [5.74, 6) is 0.444. The molecule has 1 aromatic carbocycles. The van der Waals surface area contributed by atoms with Crippen molar-refractivity contribution in [2.45, 2.75) is 52.2 Å². The Morgan fingerprint density at radius 3 is 2.83 bits per heavy atom. The van der Waals surface area contributed by atoms with Gasteiger partial charge in [0.15, 0.2) is 0 Å². The predicted octanol–water partition coefficient (Wildman–Crippen LogP) is 3.49. The highest BCUT2D eigenvalue weighted by molar-refractivity contribution is 5.82. The van der Waals surface area contributed by atoms with E-state index in [1.165, 1.54) is 11.1 Å². The molecule has 2 heterocycles. The van der Waals surface area contributed by atoms with Crippen LogP contribution in [0, 0.1) is 6.92 Å². The van der Waals surface area contributed by atoms with E-state index in [4.69, 9.17) is 9.15 Å². The topological polar surface area (TPSA) is 51.5 Å². The maximum absolute atomic E-state index is 11.8. The van der Waals surface area contributed by atoms with Crippen LogP contribution in [0.3, 0.4) is 0 Å². The first-order chi connectivity index (χ1) is 11.0. The summed E-state index contributed by atoms with van der Waals surface area (Å²) < 4.78 is 11.0. The van der Waals surface area contributed by atoms with Gasteiger partial charge in [0.1, 0.15) is 5.58 Å². The van der Waals surface area contributed by atoms with Crippen molar-refractivity contribution in [3.05, 3.63) is 45.3 Å². The highest BCUT2D eigenvalue weighted by Crippen LogP contribution is 2.26. The van der Waals surface area contributed by atoms with Crippen molar-refractivity contribution in [3.8, 4) is 0 Å². The van der Waals surface area contributed by atoms with E-state index in [1.807, 2.05) is 6.07 Å². The maximum Gasteiger partial charge on any atom is 0.336 e. The van der Waals surface area contributed by atoms with Crippen molar-refractivity contribution in [1.82, 2.24) is 5.32 Å². The van der Waals surface area contributed by atoms with E-state index in [0.717, 1.165) is 36.9 Å². The fourth-order valence-corrected chi connectivity index (χ4v) is 3.33. The highest BCUT2D eigenvalue weighted by Gasteiger charge is 2.15. The van der Waals surface area contributed by atoms with Gasteiger partial charge >= 0.3 is 5.63 Å². The van der Waals surface area contributed by atoms with Gasteiger partial charge in [0.25, 0.3) is 0 Å². The molecular weight excluding hydrogens is 290 g/mol. The Labute approximate surface area is 136 Å². The molecule has 4 nitrogen and oxygen atoms in total. The van der Waals surface area contributed by atoms with E-state index in [0.29, 0.717) is 24.1 Å². The zero-order valence-electron chi connectivity index (χ0n) is 14.1. The molecule has 0 radical (unpaired) electrons. The fraction of sp³-hybridized carbons (Fsp3) is 0.526. The van der Waals surface area contributed by atoms with Crippen molar-refractivity contribution in [3.63, 3.8) is 0 Å². The second kappa shape index (κ2) is 6.85. The minimum atomic E-state index is -0.289. The molecule has 1 saturated heterocycles. The average molecular weight is 315 g/mol. The van der Waals surface area contributed by atoms with Crippen molar-refractivity contribution in [2.24, 2.45) is 0 Å². The van der Waals surface area contributed by atoms with Crippen LogP contribution in [-0.4, -0.2) is 19.3 Å². The maximum atomic E-state index is 11.8. The molecule has 1 atom stereocenters. The van der Waals surface area contributed by atoms with Gasteiger partial charge < -0.3 is 14.5 Å². The third-order valence-corrected chi connectivity index (χ3v) is 4.55. The molecule has 1 N–H and O–H groups in total. The van der Waals surface area contributed by atoms with Gasteiger partial charge in [-0.15, -0.1) is 0 Å². The Bertz CT molecular complexity index is 742. The van der Waals surface area contributed by atoms with Crippen molar-refractivity contribution in [1.29, 1.82) is 0 Å². The number of ether oxygens (including phenoxy) is 1. The van der Waals surface area contributed by atoms with Crippen molar-refractivity contribution < 1.29 is 9.15 Å². The van der Waals surface area contributed by atoms with Gasteiger partial charge in [-0.1, -0.05) is 13.8 Å². The number of benzene rings is 1. The minimum absolute atomic E-state index is 0.289. The van der Waals surface area contributed by atoms with Crippen LogP contribution in [-0.2, 0) is 11.3 Å². The van der Waals surface area contributed by atoms with Crippen LogP contribution in [0.2, 0.25) is 0 Å². The number of aryl methyl sites for hydroxylation is 1. The monoisotopic (exact) mass is 315 g/mol. The molecule has 4 heteroatoms. The van der Waals surface area contributed by atoms with Gasteiger partial charge in [-0.2, -0.15) is 0 Å². The van der Waals surface area contributed by atoms with Crippen molar-refractivity contribution in [2.75, 3.05) is 13.2 Å². The lowest BCUT2D eigenvalue weighted by Crippen LogP contribution is -2.26. The molecule has 0 unspecified atom stereocenters. The molecule has 2 aromatic rings. The number of hydrogen-bond acceptors (Lipinski definition) is 4. The van der Waals surface area contributed by atoms with E-state index < -0.39 is 0 Å². The molecular formula is C19H25NO3. The number of nitrogens with one attached hydrogen (secondary N) is 1. The van der Waals surface area contributed by atoms with E-state index in [2.05, 4.69) is 32.2 Å². The summed E-state index contributed by atoms with van der Waals surface area (Å²) >= 11 is 0. The van der Waals surface area contributed by atoms with Gasteiger partial charge in [-0.05, 0) is 54.5 Å². The second-order valence-corrected chi connectivity index (χ2v) is 6.72. The third-order valence-electron chi connectivity index (χ3n) is 4.55. The fourth-order valence-electron chi connectivity index (χ4n) is 3.33. The van der Waals surface area contributed by atoms with Gasteiger partial charge in [-0.3, -0.25) is 0 Å². The van der Waals surface area contributed by atoms with Crippen LogP contribution in [0.15, 0.2) is 27.4 Å². The average Bonchev–Trinajstić information content (AvgIpc) is 2.99. The zero-order valence-corrected chi connectivity index (χ0v) is 14.1. The molecule has 1 aromatic heterocycles. The molecule has 23 heavy (non-hydrogen) atoms. The normalized spacial score (nSPS) is 18.2. The quantitative estimate of drug-likeness (QED) is 0.858. The lowest BCUT2D eigenvalue weighted by Gasteiger charge is -2.14. The van der Waals surface area contributed by atoms with E-state index in [9.17, 15) is 4.79 Å². The van der Waals surface area contributed by atoms with Crippen LogP contribution >= 0.6 is 0 Å². The summed E-state index contributed by atoms with van der Waals surface area (Å²) in [4.78, 5) is 11.8. The first kappa shape index (κ1) is 16.2. The Balaban J connectivity index is 1.88. The third kappa shape index (κ3) is 3.65. The molecule has 1 fully saturated rings. The second-order valence-electron chi connectivity index (χ2n) is 6.72. The summed E-state index contributed by atoms with van der Waals surface area (Å²) in [6.45, 7) is 8.77. The summed E-state index contributed by atoms with van der Waals surface area (Å²) in [7, 11) is 0. The molecule has 1 aliphatic heterocycles. The molecule has 0 saturated carbocycles. The Morgan fingerprint density at radius 2 is 2.13 bits per heavy atom. The number of fused-ring (bicyclic) bond motifs is 1. The van der Waals surface area contributed by atoms with Gasteiger partial charge in [0.05, 0.1) is 6.10 Å². The van der Waals surface area contributed by atoms with E-state index in [1.54, 1.807) is 6.07 Å². The molecule has 124 valence electrons.